The molecule has 1 aliphatic heterocycles. The van der Waals surface area contributed by atoms with Crippen LogP contribution in [-0.2, 0) is 4.79 Å². The van der Waals surface area contributed by atoms with Crippen molar-refractivity contribution in [2.75, 3.05) is 11.1 Å². The van der Waals surface area contributed by atoms with Gasteiger partial charge in [-0.3, -0.25) is 4.79 Å². The molecule has 8 heteroatoms. The third kappa shape index (κ3) is 3.60. The summed E-state index contributed by atoms with van der Waals surface area (Å²) in [5, 5.41) is 31.3. The normalized spacial score (nSPS) is 29.8. The molecule has 7 nitrogen and oxygen atoms in total. The van der Waals surface area contributed by atoms with E-state index in [1.165, 1.54) is 24.9 Å². The van der Waals surface area contributed by atoms with Gasteiger partial charge in [-0.15, -0.1) is 11.8 Å². The molecule has 4 N–H and O–H groups in total. The number of rotatable bonds is 3. The van der Waals surface area contributed by atoms with Gasteiger partial charge in [0.2, 0.25) is 5.91 Å². The van der Waals surface area contributed by atoms with Crippen LogP contribution in [0, 0.1) is 0 Å². The van der Waals surface area contributed by atoms with Gasteiger partial charge in [0.05, 0.1) is 12.3 Å². The second-order valence-corrected chi connectivity index (χ2v) is 5.56. The Bertz CT molecular complexity index is 469. The quantitative estimate of drug-likeness (QED) is 0.599. The Morgan fingerprint density at radius 2 is 2.15 bits per heavy atom. The number of thioether (sulfide) groups is 1. The number of hydrogen-bond acceptors (Lipinski definition) is 7. The highest BCUT2D eigenvalue weighted by atomic mass is 32.2. The van der Waals surface area contributed by atoms with Crippen molar-refractivity contribution < 1.29 is 24.9 Å². The van der Waals surface area contributed by atoms with Crippen LogP contribution in [0.1, 0.15) is 6.92 Å². The first-order valence-corrected chi connectivity index (χ1v) is 7.08. The van der Waals surface area contributed by atoms with Crippen LogP contribution in [0.2, 0.25) is 0 Å². The van der Waals surface area contributed by atoms with Gasteiger partial charge in [0.1, 0.15) is 23.8 Å². The first kappa shape index (κ1) is 15.0. The number of aliphatic hydroxyl groups is 3. The SMILES string of the molecule is CC(=O)Nc1ccc(O[C@@H]2SC[C@@H](O)[C@H](O)[C@H]2O)cn1. The number of anilines is 1. The summed E-state index contributed by atoms with van der Waals surface area (Å²) in [7, 11) is 0. The third-order valence-corrected chi connectivity index (χ3v) is 3.98. The van der Waals surface area contributed by atoms with Crippen molar-refractivity contribution in [3.8, 4) is 5.75 Å². The van der Waals surface area contributed by atoms with Crippen LogP contribution >= 0.6 is 11.8 Å². The van der Waals surface area contributed by atoms with Crippen LogP contribution in [0.25, 0.3) is 0 Å². The fourth-order valence-corrected chi connectivity index (χ4v) is 2.84. The molecule has 20 heavy (non-hydrogen) atoms. The Morgan fingerprint density at radius 1 is 1.40 bits per heavy atom. The zero-order valence-electron chi connectivity index (χ0n) is 10.8. The Balaban J connectivity index is 1.98. The summed E-state index contributed by atoms with van der Waals surface area (Å²) in [6.07, 6.45) is -1.96. The molecule has 1 aromatic heterocycles. The predicted octanol–water partition coefficient (Wildman–Crippen LogP) is -0.426. The van der Waals surface area contributed by atoms with Gasteiger partial charge in [0.25, 0.3) is 0 Å². The van der Waals surface area contributed by atoms with Crippen LogP contribution in [0.4, 0.5) is 5.82 Å². The number of aromatic nitrogens is 1. The van der Waals surface area contributed by atoms with Gasteiger partial charge in [-0.1, -0.05) is 0 Å². The van der Waals surface area contributed by atoms with Gasteiger partial charge < -0.3 is 25.4 Å². The summed E-state index contributed by atoms with van der Waals surface area (Å²) in [6.45, 7) is 1.38. The molecule has 0 aromatic carbocycles. The molecule has 1 aliphatic rings. The summed E-state index contributed by atoms with van der Waals surface area (Å²) >= 11 is 1.21. The number of carbonyl (C=O) groups is 1. The zero-order valence-corrected chi connectivity index (χ0v) is 11.6. The second-order valence-electron chi connectivity index (χ2n) is 4.43. The standard InChI is InChI=1S/C12H16N2O5S/c1-6(15)14-9-3-2-7(4-13-9)19-12-11(18)10(17)8(16)5-20-12/h2-4,8,10-12,16-18H,5H2,1H3,(H,13,14,15)/t8-,10+,11-,12-/m1/s1. The lowest BCUT2D eigenvalue weighted by atomic mass is 10.1. The van der Waals surface area contributed by atoms with Gasteiger partial charge in [0, 0.05) is 12.7 Å². The van der Waals surface area contributed by atoms with E-state index in [4.69, 9.17) is 4.74 Å². The van der Waals surface area contributed by atoms with Crippen molar-refractivity contribution in [2.24, 2.45) is 0 Å². The fraction of sp³-hybridized carbons (Fsp3) is 0.500. The van der Waals surface area contributed by atoms with Gasteiger partial charge in [-0.25, -0.2) is 4.98 Å². The van der Waals surface area contributed by atoms with E-state index in [0.29, 0.717) is 11.6 Å². The predicted molar refractivity (Wildman–Crippen MR) is 73.4 cm³/mol. The minimum absolute atomic E-state index is 0.221. The molecular weight excluding hydrogens is 284 g/mol. The molecule has 0 radical (unpaired) electrons. The van der Waals surface area contributed by atoms with E-state index in [0.717, 1.165) is 0 Å². The molecule has 1 aromatic rings. The average Bonchev–Trinajstić information content (AvgIpc) is 2.41. The van der Waals surface area contributed by atoms with Gasteiger partial charge >= 0.3 is 0 Å². The topological polar surface area (TPSA) is 112 Å². The smallest absolute Gasteiger partial charge is 0.222 e. The lowest BCUT2D eigenvalue weighted by Crippen LogP contribution is -2.50. The van der Waals surface area contributed by atoms with Gasteiger partial charge in [-0.2, -0.15) is 0 Å². The van der Waals surface area contributed by atoms with Crippen molar-refractivity contribution in [3.63, 3.8) is 0 Å². The highest BCUT2D eigenvalue weighted by molar-refractivity contribution is 7.99. The lowest BCUT2D eigenvalue weighted by Gasteiger charge is -2.34. The third-order valence-electron chi connectivity index (χ3n) is 2.75. The highest BCUT2D eigenvalue weighted by Crippen LogP contribution is 2.29. The number of nitrogens with zero attached hydrogens (tertiary/aromatic N) is 1. The van der Waals surface area contributed by atoms with Gasteiger partial charge in [0.15, 0.2) is 5.44 Å². The average molecular weight is 300 g/mol. The number of hydrogen-bond donors (Lipinski definition) is 4. The van der Waals surface area contributed by atoms with Crippen LogP contribution in [-0.4, -0.2) is 55.7 Å². The van der Waals surface area contributed by atoms with E-state index >= 15 is 0 Å². The van der Waals surface area contributed by atoms with Crippen LogP contribution in [0.5, 0.6) is 5.75 Å². The van der Waals surface area contributed by atoms with E-state index in [1.54, 1.807) is 12.1 Å². The summed E-state index contributed by atoms with van der Waals surface area (Å²) in [6, 6.07) is 3.17. The molecule has 1 saturated heterocycles. The summed E-state index contributed by atoms with van der Waals surface area (Å²) in [5.41, 5.74) is -0.679. The van der Waals surface area contributed by atoms with E-state index in [-0.39, 0.29) is 11.7 Å². The van der Waals surface area contributed by atoms with Crippen molar-refractivity contribution in [1.29, 1.82) is 0 Å². The molecule has 4 atom stereocenters. The molecule has 0 bridgehead atoms. The summed E-state index contributed by atoms with van der Waals surface area (Å²) in [4.78, 5) is 14.8. The number of pyridine rings is 1. The number of amides is 1. The first-order valence-electron chi connectivity index (χ1n) is 6.03. The summed E-state index contributed by atoms with van der Waals surface area (Å²) < 4.78 is 5.51. The second kappa shape index (κ2) is 6.40. The van der Waals surface area contributed by atoms with Crippen LogP contribution in [0.15, 0.2) is 18.3 Å². The van der Waals surface area contributed by atoms with Crippen molar-refractivity contribution in [2.45, 2.75) is 30.7 Å². The van der Waals surface area contributed by atoms with Crippen molar-refractivity contribution >= 4 is 23.5 Å². The molecule has 110 valence electrons. The Kier molecular flexibility index (Phi) is 4.81. The molecule has 0 aliphatic carbocycles. The minimum Gasteiger partial charge on any atom is -0.475 e. The molecule has 1 fully saturated rings. The van der Waals surface area contributed by atoms with E-state index < -0.39 is 23.7 Å². The minimum atomic E-state index is -1.23. The largest absolute Gasteiger partial charge is 0.475 e. The maximum atomic E-state index is 10.9. The Labute approximate surface area is 120 Å². The molecule has 0 spiro atoms. The molecule has 0 unspecified atom stereocenters. The monoisotopic (exact) mass is 300 g/mol. The lowest BCUT2D eigenvalue weighted by molar-refractivity contribution is -0.114. The molecule has 0 saturated carbocycles. The Hall–Kier alpha value is -1.35. The number of carbonyl (C=O) groups excluding carboxylic acids is 1. The molecular formula is C12H16N2O5S. The van der Waals surface area contributed by atoms with Crippen molar-refractivity contribution in [1.82, 2.24) is 4.98 Å². The molecule has 2 heterocycles. The number of ether oxygens (including phenoxy) is 1. The molecule has 1 amide bonds. The first-order chi connectivity index (χ1) is 9.47. The van der Waals surface area contributed by atoms with Gasteiger partial charge in [-0.05, 0) is 12.1 Å². The fourth-order valence-electron chi connectivity index (χ4n) is 1.72. The summed E-state index contributed by atoms with van der Waals surface area (Å²) in [5.74, 6) is 0.859. The number of aliphatic hydroxyl groups excluding tert-OH is 3. The number of nitrogens with one attached hydrogen (secondary N) is 1. The zero-order chi connectivity index (χ0) is 14.7. The molecule has 2 rings (SSSR count). The van der Waals surface area contributed by atoms with E-state index in [2.05, 4.69) is 10.3 Å². The maximum absolute atomic E-state index is 10.9. The van der Waals surface area contributed by atoms with Crippen molar-refractivity contribution in [3.05, 3.63) is 18.3 Å². The highest BCUT2D eigenvalue weighted by Gasteiger charge is 2.38. The Morgan fingerprint density at radius 3 is 2.75 bits per heavy atom. The maximum Gasteiger partial charge on any atom is 0.222 e. The van der Waals surface area contributed by atoms with E-state index in [1.807, 2.05) is 0 Å². The van der Waals surface area contributed by atoms with Crippen LogP contribution < -0.4 is 10.1 Å². The van der Waals surface area contributed by atoms with Crippen LogP contribution in [0.3, 0.4) is 0 Å². The van der Waals surface area contributed by atoms with E-state index in [9.17, 15) is 20.1 Å².